The maximum absolute atomic E-state index is 10.9. The Balaban J connectivity index is 2.13. The van der Waals surface area contributed by atoms with E-state index in [1.54, 1.807) is 0 Å². The number of cyclic esters (lactones) is 1. The monoisotopic (exact) mass is 224 g/mol. The zero-order chi connectivity index (χ0) is 12.0. The van der Waals surface area contributed by atoms with E-state index in [-0.39, 0.29) is 5.97 Å². The van der Waals surface area contributed by atoms with Gasteiger partial charge in [-0.25, -0.2) is 0 Å². The lowest BCUT2D eigenvalue weighted by Crippen LogP contribution is -2.05. The number of rotatable bonds is 6. The van der Waals surface area contributed by atoms with E-state index in [1.807, 2.05) is 0 Å². The van der Waals surface area contributed by atoms with Gasteiger partial charge in [-0.05, 0) is 31.1 Å². The second-order valence-corrected chi connectivity index (χ2v) is 5.43. The molecule has 0 aliphatic carbocycles. The van der Waals surface area contributed by atoms with E-state index >= 15 is 0 Å². The Labute approximate surface area is 99.1 Å². The number of allylic oxidation sites excluding steroid dienone is 2. The summed E-state index contributed by atoms with van der Waals surface area (Å²) in [4.78, 5) is 10.9. The lowest BCUT2D eigenvalue weighted by atomic mass is 9.92. The van der Waals surface area contributed by atoms with E-state index in [1.165, 1.54) is 0 Å². The molecule has 2 unspecified atom stereocenters. The molecule has 0 amide bonds. The van der Waals surface area contributed by atoms with Gasteiger partial charge < -0.3 is 4.74 Å². The van der Waals surface area contributed by atoms with E-state index in [0.29, 0.717) is 24.9 Å². The van der Waals surface area contributed by atoms with Gasteiger partial charge in [0.2, 0.25) is 0 Å². The Hall–Kier alpha value is -0.790. The highest BCUT2D eigenvalue weighted by Gasteiger charge is 2.24. The van der Waals surface area contributed by atoms with Gasteiger partial charge in [-0.1, -0.05) is 32.9 Å². The van der Waals surface area contributed by atoms with E-state index in [0.717, 1.165) is 25.2 Å². The summed E-state index contributed by atoms with van der Waals surface area (Å²) in [5.74, 6) is 1.84. The first-order chi connectivity index (χ1) is 7.58. The van der Waals surface area contributed by atoms with Crippen LogP contribution in [0.4, 0.5) is 0 Å². The van der Waals surface area contributed by atoms with Crippen LogP contribution in [0.2, 0.25) is 0 Å². The second-order valence-electron chi connectivity index (χ2n) is 5.43. The van der Waals surface area contributed by atoms with Crippen molar-refractivity contribution in [2.75, 3.05) is 6.61 Å². The summed E-state index contributed by atoms with van der Waals surface area (Å²) >= 11 is 0. The lowest BCUT2D eigenvalue weighted by molar-refractivity contribution is -0.137. The van der Waals surface area contributed by atoms with Crippen LogP contribution in [0, 0.1) is 17.8 Å². The van der Waals surface area contributed by atoms with Crippen molar-refractivity contribution in [3.8, 4) is 0 Å². The Morgan fingerprint density at radius 3 is 2.56 bits per heavy atom. The molecule has 0 bridgehead atoms. The van der Waals surface area contributed by atoms with Gasteiger partial charge in [-0.2, -0.15) is 0 Å². The van der Waals surface area contributed by atoms with Crippen LogP contribution in [0.25, 0.3) is 0 Å². The average Bonchev–Trinajstić information content (AvgIpc) is 2.58. The van der Waals surface area contributed by atoms with Crippen molar-refractivity contribution < 1.29 is 9.53 Å². The Morgan fingerprint density at radius 1 is 1.31 bits per heavy atom. The fourth-order valence-electron chi connectivity index (χ4n) is 2.08. The third kappa shape index (κ3) is 5.34. The molecule has 0 saturated carbocycles. The van der Waals surface area contributed by atoms with Crippen molar-refractivity contribution in [1.82, 2.24) is 0 Å². The molecule has 1 fully saturated rings. The molecule has 2 atom stereocenters. The fraction of sp³-hybridized carbons (Fsp3) is 0.786. The first kappa shape index (κ1) is 13.3. The minimum Gasteiger partial charge on any atom is -0.465 e. The van der Waals surface area contributed by atoms with Gasteiger partial charge in [-0.3, -0.25) is 4.79 Å². The van der Waals surface area contributed by atoms with Gasteiger partial charge in [0.05, 0.1) is 13.0 Å². The normalized spacial score (nSPS) is 23.0. The standard InChI is InChI=1S/C14H24O2/c1-11(2)6-4-5-7-12(3)8-13-9-14(15)16-10-13/h4-5,11-13H,6-10H2,1-3H3/b5-4-. The third-order valence-electron chi connectivity index (χ3n) is 2.98. The molecule has 0 aromatic rings. The first-order valence-electron chi connectivity index (χ1n) is 6.38. The molecule has 2 nitrogen and oxygen atoms in total. The van der Waals surface area contributed by atoms with Crippen molar-refractivity contribution in [1.29, 1.82) is 0 Å². The number of carbonyl (C=O) groups excluding carboxylic acids is 1. The van der Waals surface area contributed by atoms with Crippen molar-refractivity contribution in [2.45, 2.75) is 46.5 Å². The number of ether oxygens (including phenoxy) is 1. The molecular formula is C14H24O2. The topological polar surface area (TPSA) is 26.3 Å². The predicted octanol–water partition coefficient (Wildman–Crippen LogP) is 3.57. The smallest absolute Gasteiger partial charge is 0.306 e. The average molecular weight is 224 g/mol. The van der Waals surface area contributed by atoms with Gasteiger partial charge in [-0.15, -0.1) is 0 Å². The first-order valence-corrected chi connectivity index (χ1v) is 6.38. The zero-order valence-corrected chi connectivity index (χ0v) is 10.7. The summed E-state index contributed by atoms with van der Waals surface area (Å²) < 4.78 is 4.97. The van der Waals surface area contributed by atoms with Gasteiger partial charge in [0, 0.05) is 5.92 Å². The van der Waals surface area contributed by atoms with E-state index in [4.69, 9.17) is 4.74 Å². The fourth-order valence-corrected chi connectivity index (χ4v) is 2.08. The van der Waals surface area contributed by atoms with Gasteiger partial charge in [0.15, 0.2) is 0 Å². The summed E-state index contributed by atoms with van der Waals surface area (Å²) in [6.45, 7) is 7.35. The molecule has 1 aliphatic rings. The highest BCUT2D eigenvalue weighted by atomic mass is 16.5. The van der Waals surface area contributed by atoms with Crippen LogP contribution in [0.15, 0.2) is 12.2 Å². The van der Waals surface area contributed by atoms with Crippen LogP contribution in [0.1, 0.15) is 46.5 Å². The van der Waals surface area contributed by atoms with Gasteiger partial charge in [0.25, 0.3) is 0 Å². The number of hydrogen-bond donors (Lipinski definition) is 0. The summed E-state index contributed by atoms with van der Waals surface area (Å²) in [7, 11) is 0. The molecule has 92 valence electrons. The van der Waals surface area contributed by atoms with E-state index in [9.17, 15) is 4.79 Å². The van der Waals surface area contributed by atoms with Crippen LogP contribution in [0.3, 0.4) is 0 Å². The van der Waals surface area contributed by atoms with Crippen molar-refractivity contribution in [3.63, 3.8) is 0 Å². The predicted molar refractivity (Wildman–Crippen MR) is 66.1 cm³/mol. The molecule has 0 N–H and O–H groups in total. The third-order valence-corrected chi connectivity index (χ3v) is 2.98. The molecule has 2 heteroatoms. The number of esters is 1. The molecule has 1 rings (SSSR count). The van der Waals surface area contributed by atoms with Crippen molar-refractivity contribution in [2.24, 2.45) is 17.8 Å². The van der Waals surface area contributed by atoms with Crippen LogP contribution in [0.5, 0.6) is 0 Å². The maximum atomic E-state index is 10.9. The van der Waals surface area contributed by atoms with Gasteiger partial charge >= 0.3 is 5.97 Å². The largest absolute Gasteiger partial charge is 0.465 e. The Kier molecular flexibility index (Phi) is 5.58. The summed E-state index contributed by atoms with van der Waals surface area (Å²) in [6, 6.07) is 0. The SMILES string of the molecule is CC(C)C/C=C\CC(C)CC1COC(=O)C1. The quantitative estimate of drug-likeness (QED) is 0.509. The molecule has 0 aromatic carbocycles. The van der Waals surface area contributed by atoms with Crippen LogP contribution in [-0.4, -0.2) is 12.6 Å². The molecule has 0 radical (unpaired) electrons. The lowest BCUT2D eigenvalue weighted by Gasteiger charge is -2.12. The van der Waals surface area contributed by atoms with Crippen LogP contribution >= 0.6 is 0 Å². The second kappa shape index (κ2) is 6.72. The highest BCUT2D eigenvalue weighted by Crippen LogP contribution is 2.24. The van der Waals surface area contributed by atoms with Crippen LogP contribution < -0.4 is 0 Å². The summed E-state index contributed by atoms with van der Waals surface area (Å²) in [5.41, 5.74) is 0. The Morgan fingerprint density at radius 2 is 2.00 bits per heavy atom. The molecule has 0 spiro atoms. The Bertz CT molecular complexity index is 243. The van der Waals surface area contributed by atoms with Crippen molar-refractivity contribution in [3.05, 3.63) is 12.2 Å². The molecule has 1 heterocycles. The highest BCUT2D eigenvalue weighted by molar-refractivity contribution is 5.71. The minimum atomic E-state index is -0.0208. The molecule has 0 aromatic heterocycles. The van der Waals surface area contributed by atoms with Gasteiger partial charge in [0.1, 0.15) is 0 Å². The zero-order valence-electron chi connectivity index (χ0n) is 10.7. The summed E-state index contributed by atoms with van der Waals surface area (Å²) in [6.07, 6.45) is 8.58. The van der Waals surface area contributed by atoms with Crippen LogP contribution in [-0.2, 0) is 9.53 Å². The molecular weight excluding hydrogens is 200 g/mol. The van der Waals surface area contributed by atoms with E-state index in [2.05, 4.69) is 32.9 Å². The number of hydrogen-bond acceptors (Lipinski definition) is 2. The van der Waals surface area contributed by atoms with Crippen molar-refractivity contribution >= 4 is 5.97 Å². The minimum absolute atomic E-state index is 0.0208. The molecule has 1 aliphatic heterocycles. The number of carbonyl (C=O) groups is 1. The molecule has 16 heavy (non-hydrogen) atoms. The van der Waals surface area contributed by atoms with E-state index < -0.39 is 0 Å². The summed E-state index contributed by atoms with van der Waals surface area (Å²) in [5, 5.41) is 0. The molecule has 1 saturated heterocycles. The maximum Gasteiger partial charge on any atom is 0.306 e.